The number of hydrogen-bond acceptors (Lipinski definition) is 6. The highest BCUT2D eigenvalue weighted by molar-refractivity contribution is 7.99. The maximum absolute atomic E-state index is 11.9. The number of thioether (sulfide) groups is 1. The van der Waals surface area contributed by atoms with E-state index in [1.165, 1.54) is 17.3 Å². The van der Waals surface area contributed by atoms with Crippen LogP contribution in [0.1, 0.15) is 5.56 Å². The number of carbonyl (C=O) groups is 1. The molecule has 0 spiro atoms. The van der Waals surface area contributed by atoms with Gasteiger partial charge in [-0.1, -0.05) is 60.3 Å². The number of methoxy groups -OCH3 is 1. The second-order valence-corrected chi connectivity index (χ2v) is 7.43. The zero-order valence-corrected chi connectivity index (χ0v) is 16.9. The van der Waals surface area contributed by atoms with Gasteiger partial charge in [0.1, 0.15) is 5.52 Å². The Morgan fingerprint density at radius 2 is 1.90 bits per heavy atom. The van der Waals surface area contributed by atoms with Crippen LogP contribution in [0.25, 0.3) is 22.1 Å². The fourth-order valence-corrected chi connectivity index (χ4v) is 3.76. The molecule has 4 aromatic rings. The molecule has 0 fully saturated rings. The minimum Gasteiger partial charge on any atom is -0.383 e. The predicted molar refractivity (Wildman–Crippen MR) is 114 cm³/mol. The van der Waals surface area contributed by atoms with Gasteiger partial charge in [-0.25, -0.2) is 4.98 Å². The number of rotatable bonds is 8. The summed E-state index contributed by atoms with van der Waals surface area (Å²) in [6.45, 7) is 1.66. The molecule has 4 rings (SSSR count). The van der Waals surface area contributed by atoms with E-state index >= 15 is 0 Å². The van der Waals surface area contributed by atoms with E-state index in [2.05, 4.69) is 38.3 Å². The number of amides is 1. The number of para-hydroxylation sites is 1. The number of carbonyl (C=O) groups excluding carboxylic acids is 1. The van der Waals surface area contributed by atoms with Gasteiger partial charge in [0, 0.05) is 25.6 Å². The summed E-state index contributed by atoms with van der Waals surface area (Å²) in [6, 6.07) is 18.3. The highest BCUT2D eigenvalue weighted by Gasteiger charge is 2.15. The van der Waals surface area contributed by atoms with Crippen LogP contribution in [0.15, 0.2) is 59.8 Å². The first-order valence-electron chi connectivity index (χ1n) is 9.30. The summed E-state index contributed by atoms with van der Waals surface area (Å²) in [4.78, 5) is 16.7. The molecule has 2 aromatic heterocycles. The van der Waals surface area contributed by atoms with Crippen molar-refractivity contribution in [1.29, 1.82) is 0 Å². The van der Waals surface area contributed by atoms with Crippen LogP contribution in [0.4, 0.5) is 0 Å². The minimum absolute atomic E-state index is 0.0828. The number of nitrogens with zero attached hydrogens (tertiary/aromatic N) is 4. The molecule has 0 saturated heterocycles. The fourth-order valence-electron chi connectivity index (χ4n) is 3.15. The molecule has 1 N–H and O–H groups in total. The van der Waals surface area contributed by atoms with E-state index in [0.717, 1.165) is 22.1 Å². The SMILES string of the molecule is COCCNC(=O)CSc1nnc2c3ccccc3n(Cc3ccccc3)c2n1. The molecule has 0 bridgehead atoms. The van der Waals surface area contributed by atoms with Gasteiger partial charge in [-0.05, 0) is 11.6 Å². The molecule has 148 valence electrons. The van der Waals surface area contributed by atoms with Crippen molar-refractivity contribution in [3.8, 4) is 0 Å². The molecule has 0 unspecified atom stereocenters. The summed E-state index contributed by atoms with van der Waals surface area (Å²) in [5, 5.41) is 12.9. The van der Waals surface area contributed by atoms with Crippen LogP contribution >= 0.6 is 11.8 Å². The van der Waals surface area contributed by atoms with Crippen molar-refractivity contribution < 1.29 is 9.53 Å². The smallest absolute Gasteiger partial charge is 0.230 e. The number of aromatic nitrogens is 4. The Kier molecular flexibility index (Phi) is 6.02. The van der Waals surface area contributed by atoms with Gasteiger partial charge in [0.05, 0.1) is 17.9 Å². The minimum atomic E-state index is -0.0828. The molecule has 0 aliphatic rings. The Balaban J connectivity index is 1.63. The molecule has 0 atom stereocenters. The van der Waals surface area contributed by atoms with Crippen molar-refractivity contribution in [2.75, 3.05) is 26.0 Å². The number of ether oxygens (including phenoxy) is 1. The highest BCUT2D eigenvalue weighted by Crippen LogP contribution is 2.27. The molecule has 29 heavy (non-hydrogen) atoms. The molecule has 1 amide bonds. The summed E-state index contributed by atoms with van der Waals surface area (Å²) in [7, 11) is 1.60. The van der Waals surface area contributed by atoms with E-state index in [0.29, 0.717) is 24.9 Å². The van der Waals surface area contributed by atoms with Gasteiger partial charge in [0.25, 0.3) is 0 Å². The monoisotopic (exact) mass is 407 g/mol. The standard InChI is InChI=1S/C21H21N5O2S/c1-28-12-11-22-18(27)14-29-21-23-20-19(24-25-21)16-9-5-6-10-17(16)26(20)13-15-7-3-2-4-8-15/h2-10H,11-14H2,1H3,(H,22,27). The van der Waals surface area contributed by atoms with Gasteiger partial charge in [-0.15, -0.1) is 10.2 Å². The Morgan fingerprint density at radius 3 is 2.72 bits per heavy atom. The number of benzene rings is 2. The fraction of sp³-hybridized carbons (Fsp3) is 0.238. The lowest BCUT2D eigenvalue weighted by Crippen LogP contribution is -2.28. The van der Waals surface area contributed by atoms with Crippen LogP contribution in [0.5, 0.6) is 0 Å². The van der Waals surface area contributed by atoms with Gasteiger partial charge >= 0.3 is 0 Å². The molecule has 0 radical (unpaired) electrons. The van der Waals surface area contributed by atoms with Crippen molar-refractivity contribution in [3.63, 3.8) is 0 Å². The summed E-state index contributed by atoms with van der Waals surface area (Å²) < 4.78 is 7.09. The molecular formula is C21H21N5O2S. The van der Waals surface area contributed by atoms with Crippen molar-refractivity contribution in [2.24, 2.45) is 0 Å². The number of nitrogens with one attached hydrogen (secondary N) is 1. The third kappa shape index (κ3) is 4.38. The average molecular weight is 407 g/mol. The van der Waals surface area contributed by atoms with Crippen molar-refractivity contribution in [2.45, 2.75) is 11.7 Å². The molecule has 8 heteroatoms. The summed E-state index contributed by atoms with van der Waals surface area (Å²) in [6.07, 6.45) is 0. The quantitative estimate of drug-likeness (QED) is 0.357. The number of hydrogen-bond donors (Lipinski definition) is 1. The van der Waals surface area contributed by atoms with Crippen molar-refractivity contribution in [3.05, 3.63) is 60.2 Å². The Hall–Kier alpha value is -2.97. The van der Waals surface area contributed by atoms with Gasteiger partial charge in [0.15, 0.2) is 5.65 Å². The van der Waals surface area contributed by atoms with Crippen LogP contribution in [0.2, 0.25) is 0 Å². The predicted octanol–water partition coefficient (Wildman–Crippen LogP) is 2.88. The average Bonchev–Trinajstić information content (AvgIpc) is 3.06. The summed E-state index contributed by atoms with van der Waals surface area (Å²) in [5.74, 6) is 0.149. The van der Waals surface area contributed by atoms with Crippen LogP contribution in [-0.4, -0.2) is 51.7 Å². The van der Waals surface area contributed by atoms with E-state index in [1.807, 2.05) is 36.4 Å². The van der Waals surface area contributed by atoms with E-state index < -0.39 is 0 Å². The first kappa shape index (κ1) is 19.4. The zero-order valence-electron chi connectivity index (χ0n) is 16.0. The molecule has 2 heterocycles. The zero-order chi connectivity index (χ0) is 20.1. The Morgan fingerprint density at radius 1 is 1.10 bits per heavy atom. The Bertz CT molecular complexity index is 1130. The largest absolute Gasteiger partial charge is 0.383 e. The highest BCUT2D eigenvalue weighted by atomic mass is 32.2. The maximum Gasteiger partial charge on any atom is 0.230 e. The van der Waals surface area contributed by atoms with E-state index in [9.17, 15) is 4.79 Å². The summed E-state index contributed by atoms with van der Waals surface area (Å²) >= 11 is 1.28. The molecule has 0 aliphatic heterocycles. The van der Waals surface area contributed by atoms with Crippen LogP contribution in [0.3, 0.4) is 0 Å². The molecule has 0 saturated carbocycles. The van der Waals surface area contributed by atoms with Gasteiger partial charge in [-0.2, -0.15) is 0 Å². The second-order valence-electron chi connectivity index (χ2n) is 6.49. The lowest BCUT2D eigenvalue weighted by atomic mass is 10.2. The molecule has 7 nitrogen and oxygen atoms in total. The third-order valence-electron chi connectivity index (χ3n) is 4.50. The van der Waals surface area contributed by atoms with Crippen LogP contribution < -0.4 is 5.32 Å². The van der Waals surface area contributed by atoms with Gasteiger partial charge in [0.2, 0.25) is 11.1 Å². The van der Waals surface area contributed by atoms with Gasteiger partial charge in [-0.3, -0.25) is 4.79 Å². The van der Waals surface area contributed by atoms with E-state index in [-0.39, 0.29) is 11.7 Å². The normalized spacial score (nSPS) is 11.2. The van der Waals surface area contributed by atoms with Gasteiger partial charge < -0.3 is 14.6 Å². The first-order chi connectivity index (χ1) is 14.3. The lowest BCUT2D eigenvalue weighted by molar-refractivity contribution is -0.118. The van der Waals surface area contributed by atoms with Crippen molar-refractivity contribution in [1.82, 2.24) is 25.1 Å². The number of fused-ring (bicyclic) bond motifs is 3. The van der Waals surface area contributed by atoms with Crippen molar-refractivity contribution >= 4 is 39.7 Å². The lowest BCUT2D eigenvalue weighted by Gasteiger charge is -2.07. The third-order valence-corrected chi connectivity index (χ3v) is 5.34. The van der Waals surface area contributed by atoms with E-state index in [1.54, 1.807) is 7.11 Å². The second kappa shape index (κ2) is 9.02. The molecular weight excluding hydrogens is 386 g/mol. The van der Waals surface area contributed by atoms with E-state index in [4.69, 9.17) is 9.72 Å². The van der Waals surface area contributed by atoms with Crippen LogP contribution in [0, 0.1) is 0 Å². The summed E-state index contributed by atoms with van der Waals surface area (Å²) in [5.41, 5.74) is 3.78. The molecule has 0 aliphatic carbocycles. The molecule has 2 aromatic carbocycles. The maximum atomic E-state index is 11.9. The first-order valence-corrected chi connectivity index (χ1v) is 10.3. The topological polar surface area (TPSA) is 81.9 Å². The Labute approximate surface area is 172 Å². The van der Waals surface area contributed by atoms with Crippen LogP contribution in [-0.2, 0) is 16.1 Å².